The number of rotatable bonds is 7. The van der Waals surface area contributed by atoms with Gasteiger partial charge in [-0.2, -0.15) is 4.31 Å². The monoisotopic (exact) mass is 567 g/mol. The number of hydrogen-bond acceptors (Lipinski definition) is 6. The maximum absolute atomic E-state index is 14.0. The summed E-state index contributed by atoms with van der Waals surface area (Å²) in [5.41, 5.74) is 1.45. The van der Waals surface area contributed by atoms with Gasteiger partial charge in [-0.05, 0) is 48.7 Å². The zero-order valence-corrected chi connectivity index (χ0v) is 22.8. The van der Waals surface area contributed by atoms with Gasteiger partial charge in [0.05, 0.1) is 25.3 Å². The van der Waals surface area contributed by atoms with E-state index in [-0.39, 0.29) is 42.1 Å². The highest BCUT2D eigenvalue weighted by molar-refractivity contribution is 7.89. The van der Waals surface area contributed by atoms with Gasteiger partial charge in [0.25, 0.3) is 5.91 Å². The number of nitrogens with zero attached hydrogens (tertiary/aromatic N) is 2. The van der Waals surface area contributed by atoms with Gasteiger partial charge in [0.15, 0.2) is 6.10 Å². The van der Waals surface area contributed by atoms with Crippen LogP contribution in [0.3, 0.4) is 0 Å². The van der Waals surface area contributed by atoms with Crippen LogP contribution < -0.4 is 19.7 Å². The van der Waals surface area contributed by atoms with E-state index < -0.39 is 27.9 Å². The Morgan fingerprint density at radius 1 is 1.05 bits per heavy atom. The van der Waals surface area contributed by atoms with E-state index in [0.29, 0.717) is 30.8 Å². The highest BCUT2D eigenvalue weighted by atomic mass is 32.2. The highest BCUT2D eigenvalue weighted by Gasteiger charge is 2.40. The lowest BCUT2D eigenvalue weighted by molar-refractivity contribution is -0.129. The van der Waals surface area contributed by atoms with Crippen LogP contribution in [0.2, 0.25) is 0 Å². The van der Waals surface area contributed by atoms with E-state index in [1.54, 1.807) is 24.3 Å². The summed E-state index contributed by atoms with van der Waals surface area (Å²) in [4.78, 5) is 28.2. The zero-order valence-electron chi connectivity index (χ0n) is 22.0. The molecule has 1 saturated heterocycles. The van der Waals surface area contributed by atoms with E-state index in [4.69, 9.17) is 9.47 Å². The molecular formula is C29H30FN3O6S. The Kier molecular flexibility index (Phi) is 8.04. The molecule has 0 bridgehead atoms. The Labute approximate surface area is 232 Å². The molecule has 0 saturated carbocycles. The largest absolute Gasteiger partial charge is 0.495 e. The summed E-state index contributed by atoms with van der Waals surface area (Å²) in [6.45, 7) is 0.410. The first-order valence-electron chi connectivity index (χ1n) is 13.0. The second kappa shape index (κ2) is 11.6. The number of ether oxygens (including phenoxy) is 2. The molecule has 3 aromatic rings. The number of halogens is 1. The number of carbonyl (C=O) groups excluding carboxylic acids is 2. The van der Waals surface area contributed by atoms with Gasteiger partial charge in [0, 0.05) is 19.6 Å². The quantitative estimate of drug-likeness (QED) is 0.470. The van der Waals surface area contributed by atoms with Crippen LogP contribution in [-0.4, -0.2) is 57.4 Å². The topological polar surface area (TPSA) is 105 Å². The standard InChI is InChI=1S/C29H30FN3O6S/c1-38-25-14-13-22(30)16-27(25)40(36,37)32-15-7-10-21(18-32)29(35)33-19-26(39-24-12-6-5-11-23(24)33)28(34)31-17-20-8-3-2-4-9-20/h2-6,8-9,11-14,16,21,26H,7,10,15,17-19H2,1H3,(H,31,34). The summed E-state index contributed by atoms with van der Waals surface area (Å²) in [7, 11) is -2.82. The first-order valence-corrected chi connectivity index (χ1v) is 14.4. The van der Waals surface area contributed by atoms with E-state index in [1.165, 1.54) is 22.4 Å². The molecule has 2 amide bonds. The average molecular weight is 568 g/mol. The van der Waals surface area contributed by atoms with E-state index in [0.717, 1.165) is 17.7 Å². The van der Waals surface area contributed by atoms with Crippen molar-refractivity contribution >= 4 is 27.5 Å². The Hall–Kier alpha value is -3.96. The van der Waals surface area contributed by atoms with Crippen LogP contribution in [0.25, 0.3) is 0 Å². The number of sulfonamides is 1. The van der Waals surface area contributed by atoms with Gasteiger partial charge in [0.1, 0.15) is 22.2 Å². The molecule has 0 spiro atoms. The van der Waals surface area contributed by atoms with Crippen molar-refractivity contribution in [3.63, 3.8) is 0 Å². The Morgan fingerprint density at radius 2 is 1.80 bits per heavy atom. The molecule has 0 aromatic heterocycles. The SMILES string of the molecule is COc1ccc(F)cc1S(=O)(=O)N1CCCC(C(=O)N2CC(C(=O)NCc3ccccc3)Oc3ccccc32)C1. The number of nitrogens with one attached hydrogen (secondary N) is 1. The van der Waals surface area contributed by atoms with Gasteiger partial charge >= 0.3 is 0 Å². The number of piperidine rings is 1. The maximum atomic E-state index is 14.0. The van der Waals surface area contributed by atoms with Crippen LogP contribution in [-0.2, 0) is 26.2 Å². The molecule has 0 aliphatic carbocycles. The van der Waals surface area contributed by atoms with Crippen LogP contribution in [0, 0.1) is 11.7 Å². The molecule has 2 atom stereocenters. The molecule has 3 aromatic carbocycles. The molecule has 40 heavy (non-hydrogen) atoms. The van der Waals surface area contributed by atoms with Crippen LogP contribution in [0.5, 0.6) is 11.5 Å². The van der Waals surface area contributed by atoms with Crippen LogP contribution in [0.1, 0.15) is 18.4 Å². The third-order valence-corrected chi connectivity index (χ3v) is 9.00. The molecular weight excluding hydrogens is 537 g/mol. The second-order valence-corrected chi connectivity index (χ2v) is 11.6. The minimum atomic E-state index is -4.13. The first-order chi connectivity index (χ1) is 19.3. The molecule has 11 heteroatoms. The van der Waals surface area contributed by atoms with Crippen molar-refractivity contribution in [1.29, 1.82) is 0 Å². The van der Waals surface area contributed by atoms with E-state index in [9.17, 15) is 22.4 Å². The van der Waals surface area contributed by atoms with Crippen molar-refractivity contribution in [3.8, 4) is 11.5 Å². The normalized spacial score (nSPS) is 19.3. The van der Waals surface area contributed by atoms with E-state index in [2.05, 4.69) is 5.32 Å². The van der Waals surface area contributed by atoms with Gasteiger partial charge in [-0.15, -0.1) is 0 Å². The van der Waals surface area contributed by atoms with Crippen molar-refractivity contribution in [2.75, 3.05) is 31.6 Å². The van der Waals surface area contributed by atoms with Crippen LogP contribution >= 0.6 is 0 Å². The molecule has 2 aliphatic heterocycles. The summed E-state index contributed by atoms with van der Waals surface area (Å²) >= 11 is 0. The molecule has 1 N–H and O–H groups in total. The number of hydrogen-bond donors (Lipinski definition) is 1. The number of methoxy groups -OCH3 is 1. The smallest absolute Gasteiger partial charge is 0.263 e. The molecule has 9 nitrogen and oxygen atoms in total. The van der Waals surface area contributed by atoms with Crippen molar-refractivity contribution in [2.45, 2.75) is 30.4 Å². The van der Waals surface area contributed by atoms with Gasteiger partial charge in [-0.1, -0.05) is 42.5 Å². The van der Waals surface area contributed by atoms with Crippen LogP contribution in [0.15, 0.2) is 77.7 Å². The molecule has 0 radical (unpaired) electrons. The molecule has 2 unspecified atom stereocenters. The molecule has 2 aliphatic rings. The third-order valence-electron chi connectivity index (χ3n) is 7.12. The lowest BCUT2D eigenvalue weighted by Crippen LogP contribution is -2.53. The Morgan fingerprint density at radius 3 is 2.58 bits per heavy atom. The Bertz CT molecular complexity index is 1500. The predicted molar refractivity (Wildman–Crippen MR) is 146 cm³/mol. The molecule has 1 fully saturated rings. The van der Waals surface area contributed by atoms with Crippen molar-refractivity contribution in [3.05, 3.63) is 84.2 Å². The maximum Gasteiger partial charge on any atom is 0.263 e. The van der Waals surface area contributed by atoms with Gasteiger partial charge < -0.3 is 19.7 Å². The second-order valence-electron chi connectivity index (χ2n) is 9.72. The summed E-state index contributed by atoms with van der Waals surface area (Å²) in [6.07, 6.45) is -0.0296. The number of amides is 2. The molecule has 5 rings (SSSR count). The fourth-order valence-corrected chi connectivity index (χ4v) is 6.74. The van der Waals surface area contributed by atoms with Gasteiger partial charge in [0.2, 0.25) is 15.9 Å². The zero-order chi connectivity index (χ0) is 28.3. The number of anilines is 1. The lowest BCUT2D eigenvalue weighted by Gasteiger charge is -2.38. The predicted octanol–water partition coefficient (Wildman–Crippen LogP) is 3.35. The summed E-state index contributed by atoms with van der Waals surface area (Å²) in [6, 6.07) is 19.7. The fourth-order valence-electron chi connectivity index (χ4n) is 5.05. The molecule has 2 heterocycles. The van der Waals surface area contributed by atoms with Gasteiger partial charge in [-0.3, -0.25) is 9.59 Å². The van der Waals surface area contributed by atoms with Crippen LogP contribution in [0.4, 0.5) is 10.1 Å². The summed E-state index contributed by atoms with van der Waals surface area (Å²) in [5, 5.41) is 2.87. The number of fused-ring (bicyclic) bond motifs is 1. The van der Waals surface area contributed by atoms with E-state index >= 15 is 0 Å². The van der Waals surface area contributed by atoms with E-state index in [1.807, 2.05) is 30.3 Å². The van der Waals surface area contributed by atoms with Crippen molar-refractivity contribution in [1.82, 2.24) is 9.62 Å². The number of carbonyl (C=O) groups is 2. The van der Waals surface area contributed by atoms with Crippen molar-refractivity contribution in [2.24, 2.45) is 5.92 Å². The number of para-hydroxylation sites is 2. The summed E-state index contributed by atoms with van der Waals surface area (Å²) < 4.78 is 53.3. The fraction of sp³-hybridized carbons (Fsp3) is 0.310. The number of benzene rings is 3. The summed E-state index contributed by atoms with van der Waals surface area (Å²) in [5.74, 6) is -1.61. The highest BCUT2D eigenvalue weighted by Crippen LogP contribution is 2.36. The van der Waals surface area contributed by atoms with Gasteiger partial charge in [-0.25, -0.2) is 12.8 Å². The lowest BCUT2D eigenvalue weighted by atomic mass is 9.97. The average Bonchev–Trinajstić information content (AvgIpc) is 2.99. The minimum Gasteiger partial charge on any atom is -0.495 e. The third kappa shape index (κ3) is 5.66. The minimum absolute atomic E-state index is 0.0164. The molecule has 210 valence electrons. The van der Waals surface area contributed by atoms with Crippen molar-refractivity contribution < 1.29 is 31.9 Å². The Balaban J connectivity index is 1.35. The first kappa shape index (κ1) is 27.6.